The van der Waals surface area contributed by atoms with E-state index in [1.165, 1.54) is 14.2 Å². The van der Waals surface area contributed by atoms with Gasteiger partial charge in [-0.2, -0.15) is 0 Å². The van der Waals surface area contributed by atoms with Gasteiger partial charge in [-0.3, -0.25) is 0 Å². The second-order valence-electron chi connectivity index (χ2n) is 2.52. The van der Waals surface area contributed by atoms with Crippen LogP contribution in [0, 0.1) is 0 Å². The standard InChI is InChI=1S/C9H11NO3S/c1-12-8-5-6(9(11)13-2)3-4-7(8)10-14/h3-5,10,14H,1-2H3. The second-order valence-corrected chi connectivity index (χ2v) is 2.74. The first-order valence-electron chi connectivity index (χ1n) is 3.89. The minimum Gasteiger partial charge on any atom is -0.495 e. The fourth-order valence-corrected chi connectivity index (χ4v) is 1.21. The minimum atomic E-state index is -0.394. The molecule has 4 nitrogen and oxygen atoms in total. The van der Waals surface area contributed by atoms with Gasteiger partial charge in [-0.1, -0.05) is 12.8 Å². The Morgan fingerprint density at radius 2 is 2.14 bits per heavy atom. The van der Waals surface area contributed by atoms with Crippen LogP contribution in [0.1, 0.15) is 10.4 Å². The summed E-state index contributed by atoms with van der Waals surface area (Å²) in [5, 5.41) is 0. The Kier molecular flexibility index (Phi) is 3.64. The molecule has 5 heteroatoms. The summed E-state index contributed by atoms with van der Waals surface area (Å²) in [5.41, 5.74) is 1.14. The van der Waals surface area contributed by atoms with Gasteiger partial charge in [-0.05, 0) is 18.2 Å². The third kappa shape index (κ3) is 2.11. The molecule has 1 aromatic rings. The molecule has 0 aliphatic rings. The Hall–Kier alpha value is -1.36. The van der Waals surface area contributed by atoms with Gasteiger partial charge in [-0.25, -0.2) is 4.79 Å². The molecule has 0 unspecified atom stereocenters. The van der Waals surface area contributed by atoms with Crippen LogP contribution >= 0.6 is 12.8 Å². The van der Waals surface area contributed by atoms with Crippen molar-refractivity contribution in [2.75, 3.05) is 18.9 Å². The molecule has 14 heavy (non-hydrogen) atoms. The van der Waals surface area contributed by atoms with Crippen LogP contribution < -0.4 is 9.46 Å². The number of carbonyl (C=O) groups excluding carboxylic acids is 1. The van der Waals surface area contributed by atoms with Crippen molar-refractivity contribution < 1.29 is 14.3 Å². The summed E-state index contributed by atoms with van der Waals surface area (Å²) in [6.45, 7) is 0. The van der Waals surface area contributed by atoms with Gasteiger partial charge in [0, 0.05) is 0 Å². The summed E-state index contributed by atoms with van der Waals surface area (Å²) in [5.74, 6) is 0.150. The molecule has 0 saturated heterocycles. The lowest BCUT2D eigenvalue weighted by Crippen LogP contribution is -2.02. The van der Waals surface area contributed by atoms with Crippen molar-refractivity contribution in [1.82, 2.24) is 0 Å². The largest absolute Gasteiger partial charge is 0.495 e. The lowest BCUT2D eigenvalue weighted by molar-refractivity contribution is 0.0600. The maximum atomic E-state index is 11.2. The average molecular weight is 213 g/mol. The highest BCUT2D eigenvalue weighted by molar-refractivity contribution is 7.81. The van der Waals surface area contributed by atoms with E-state index < -0.39 is 5.97 Å². The molecule has 0 aromatic heterocycles. The number of ether oxygens (including phenoxy) is 2. The van der Waals surface area contributed by atoms with Crippen LogP contribution in [-0.2, 0) is 4.74 Å². The van der Waals surface area contributed by atoms with Gasteiger partial charge in [0.1, 0.15) is 5.75 Å². The van der Waals surface area contributed by atoms with Crippen LogP contribution in [0.25, 0.3) is 0 Å². The molecule has 0 amide bonds. The molecule has 1 rings (SSSR count). The molecule has 76 valence electrons. The summed E-state index contributed by atoms with van der Waals surface area (Å²) in [7, 11) is 2.85. The first-order chi connectivity index (χ1) is 6.72. The van der Waals surface area contributed by atoms with E-state index in [-0.39, 0.29) is 0 Å². The van der Waals surface area contributed by atoms with Gasteiger partial charge in [0.15, 0.2) is 0 Å². The molecule has 0 radical (unpaired) electrons. The van der Waals surface area contributed by atoms with Crippen molar-refractivity contribution in [3.05, 3.63) is 23.8 Å². The van der Waals surface area contributed by atoms with Crippen molar-refractivity contribution >= 4 is 24.5 Å². The zero-order valence-corrected chi connectivity index (χ0v) is 8.80. The number of esters is 1. The van der Waals surface area contributed by atoms with E-state index in [2.05, 4.69) is 22.3 Å². The summed E-state index contributed by atoms with van der Waals surface area (Å²) in [6.07, 6.45) is 0. The Balaban J connectivity index is 3.07. The maximum absolute atomic E-state index is 11.2. The Bertz CT molecular complexity index is 341. The molecule has 0 bridgehead atoms. The van der Waals surface area contributed by atoms with Gasteiger partial charge in [-0.15, -0.1) is 0 Å². The Labute approximate surface area is 87.8 Å². The van der Waals surface area contributed by atoms with Crippen LogP contribution in [-0.4, -0.2) is 20.2 Å². The topological polar surface area (TPSA) is 47.6 Å². The van der Waals surface area contributed by atoms with E-state index in [9.17, 15) is 4.79 Å². The van der Waals surface area contributed by atoms with Gasteiger partial charge in [0.2, 0.25) is 0 Å². The quantitative estimate of drug-likeness (QED) is 0.593. The molecule has 0 aliphatic carbocycles. The number of nitrogens with one attached hydrogen (secondary N) is 1. The number of benzene rings is 1. The number of hydrogen-bond donors (Lipinski definition) is 2. The predicted octanol–water partition coefficient (Wildman–Crippen LogP) is 1.74. The van der Waals surface area contributed by atoms with E-state index in [1.807, 2.05) is 0 Å². The van der Waals surface area contributed by atoms with Crippen LogP contribution in [0.15, 0.2) is 18.2 Å². The van der Waals surface area contributed by atoms with Crippen molar-refractivity contribution in [2.24, 2.45) is 0 Å². The van der Waals surface area contributed by atoms with Crippen molar-refractivity contribution in [2.45, 2.75) is 0 Å². The third-order valence-electron chi connectivity index (χ3n) is 1.74. The highest BCUT2D eigenvalue weighted by Gasteiger charge is 2.09. The van der Waals surface area contributed by atoms with Crippen molar-refractivity contribution in [3.8, 4) is 5.75 Å². The second kappa shape index (κ2) is 4.76. The molecular formula is C9H11NO3S. The highest BCUT2D eigenvalue weighted by Crippen LogP contribution is 2.26. The normalized spacial score (nSPS) is 9.36. The monoisotopic (exact) mass is 213 g/mol. The van der Waals surface area contributed by atoms with E-state index in [4.69, 9.17) is 4.74 Å². The molecule has 1 aromatic carbocycles. The Morgan fingerprint density at radius 1 is 1.43 bits per heavy atom. The summed E-state index contributed by atoms with van der Waals surface area (Å²) < 4.78 is 12.3. The van der Waals surface area contributed by atoms with Gasteiger partial charge in [0.25, 0.3) is 0 Å². The number of rotatable bonds is 3. The van der Waals surface area contributed by atoms with E-state index in [1.54, 1.807) is 18.2 Å². The number of thiol groups is 1. The zero-order valence-electron chi connectivity index (χ0n) is 7.90. The smallest absolute Gasteiger partial charge is 0.337 e. The molecule has 0 fully saturated rings. The Morgan fingerprint density at radius 3 is 2.64 bits per heavy atom. The highest BCUT2D eigenvalue weighted by atomic mass is 32.1. The molecule has 0 heterocycles. The number of methoxy groups -OCH3 is 2. The lowest BCUT2D eigenvalue weighted by atomic mass is 10.2. The van der Waals surface area contributed by atoms with Gasteiger partial charge in [0.05, 0.1) is 25.5 Å². The van der Waals surface area contributed by atoms with Crippen molar-refractivity contribution in [1.29, 1.82) is 0 Å². The fourth-order valence-electron chi connectivity index (χ4n) is 1.03. The van der Waals surface area contributed by atoms with Crippen LogP contribution in [0.4, 0.5) is 5.69 Å². The number of carbonyl (C=O) groups is 1. The minimum absolute atomic E-state index is 0.394. The maximum Gasteiger partial charge on any atom is 0.337 e. The first-order valence-corrected chi connectivity index (χ1v) is 4.34. The average Bonchev–Trinajstić information content (AvgIpc) is 2.26. The predicted molar refractivity (Wildman–Crippen MR) is 56.9 cm³/mol. The van der Waals surface area contributed by atoms with Crippen LogP contribution in [0.3, 0.4) is 0 Å². The van der Waals surface area contributed by atoms with Gasteiger partial charge >= 0.3 is 5.97 Å². The van der Waals surface area contributed by atoms with E-state index >= 15 is 0 Å². The zero-order chi connectivity index (χ0) is 10.6. The fraction of sp³-hybridized carbons (Fsp3) is 0.222. The first kappa shape index (κ1) is 10.7. The van der Waals surface area contributed by atoms with Crippen LogP contribution in [0.5, 0.6) is 5.75 Å². The SMILES string of the molecule is COC(=O)c1ccc(NS)c(OC)c1. The molecular weight excluding hydrogens is 202 g/mol. The number of hydrogen-bond acceptors (Lipinski definition) is 5. The van der Waals surface area contributed by atoms with E-state index in [0.29, 0.717) is 17.0 Å². The molecule has 0 spiro atoms. The molecule has 1 N–H and O–H groups in total. The molecule has 0 aliphatic heterocycles. The third-order valence-corrected chi connectivity index (χ3v) is 1.98. The summed E-state index contributed by atoms with van der Waals surface area (Å²) in [4.78, 5) is 11.2. The van der Waals surface area contributed by atoms with Gasteiger partial charge < -0.3 is 14.2 Å². The number of anilines is 1. The lowest BCUT2D eigenvalue weighted by Gasteiger charge is -2.08. The summed E-state index contributed by atoms with van der Waals surface area (Å²) in [6, 6.07) is 4.91. The summed E-state index contributed by atoms with van der Waals surface area (Å²) >= 11 is 3.90. The molecule has 0 atom stereocenters. The molecule has 0 saturated carbocycles. The van der Waals surface area contributed by atoms with Crippen LogP contribution in [0.2, 0.25) is 0 Å². The van der Waals surface area contributed by atoms with Crippen molar-refractivity contribution in [3.63, 3.8) is 0 Å². The van der Waals surface area contributed by atoms with E-state index in [0.717, 1.165) is 0 Å².